The van der Waals surface area contributed by atoms with Crippen molar-refractivity contribution >= 4 is 36.9 Å². The molecule has 0 aliphatic carbocycles. The molecule has 54 heavy (non-hydrogen) atoms. The molecule has 7 aromatic carbocycles. The average Bonchev–Trinajstić information content (AvgIpc) is 3.60. The number of aromatic nitrogens is 3. The molecule has 0 atom stereocenters. The van der Waals surface area contributed by atoms with Gasteiger partial charge >= 0.3 is 320 Å². The van der Waals surface area contributed by atoms with Crippen LogP contribution in [-0.4, -0.2) is 31.1 Å². The zero-order valence-corrected chi connectivity index (χ0v) is 33.4. The Bertz CT molecular complexity index is 2760. The standard InChI is InChI=1S/C49H41N3Si2/c1-53(2)41-25-15-14-23-37(41)46-40(29-36(31-44(46)53)33-19-10-6-11-20-33)49-51-47(34-21-12-7-13-22-34)50-48(52-49)39-24-16-26-42-45(39)38-28-27-35(30-43(38)54(42,3)4)32-17-8-5-9-18-32/h5-31,53-54H,1-4H3/q-2. The number of fused-ring (bicyclic) bond motifs is 6. The first kappa shape index (κ1) is 32.6. The normalized spacial score (nSPS) is 15.4. The Morgan fingerprint density at radius 3 is 1.48 bits per heavy atom. The molecule has 0 bridgehead atoms. The van der Waals surface area contributed by atoms with Crippen molar-refractivity contribution in [3.63, 3.8) is 0 Å². The number of rotatable bonds is 5. The third-order valence-electron chi connectivity index (χ3n) is 12.3. The average molecular weight is 728 g/mol. The Labute approximate surface area is 319 Å². The molecule has 0 amide bonds. The van der Waals surface area contributed by atoms with Gasteiger partial charge in [0.05, 0.1) is 0 Å². The minimum absolute atomic E-state index is 0.689. The minimum atomic E-state index is -2.41. The first-order chi connectivity index (χ1) is 26.3. The van der Waals surface area contributed by atoms with E-state index in [1.54, 1.807) is 0 Å². The van der Waals surface area contributed by atoms with E-state index in [2.05, 4.69) is 184 Å². The van der Waals surface area contributed by atoms with Gasteiger partial charge in [-0.2, -0.15) is 0 Å². The van der Waals surface area contributed by atoms with Gasteiger partial charge in [-0.25, -0.2) is 0 Å². The predicted octanol–water partition coefficient (Wildman–Crippen LogP) is 9.28. The van der Waals surface area contributed by atoms with Crippen LogP contribution in [0, 0.1) is 0 Å². The van der Waals surface area contributed by atoms with E-state index >= 15 is 0 Å². The van der Waals surface area contributed by atoms with Crippen molar-refractivity contribution in [1.82, 2.24) is 15.0 Å². The van der Waals surface area contributed by atoms with E-state index < -0.39 is 16.1 Å². The number of hydrogen-bond acceptors (Lipinski definition) is 3. The molecule has 5 heteroatoms. The zero-order valence-electron chi connectivity index (χ0n) is 31.1. The van der Waals surface area contributed by atoms with E-state index in [-0.39, 0.29) is 0 Å². The third-order valence-corrected chi connectivity index (χ3v) is 20.4. The Kier molecular flexibility index (Phi) is 7.41. The molecule has 3 heterocycles. The van der Waals surface area contributed by atoms with E-state index in [0.29, 0.717) is 11.6 Å². The van der Waals surface area contributed by atoms with E-state index in [1.807, 2.05) is 6.07 Å². The van der Waals surface area contributed by atoms with Crippen molar-refractivity contribution in [2.24, 2.45) is 0 Å². The van der Waals surface area contributed by atoms with Crippen LogP contribution in [0.4, 0.5) is 0 Å². The predicted molar refractivity (Wildman–Crippen MR) is 234 cm³/mol. The second-order valence-electron chi connectivity index (χ2n) is 16.3. The summed E-state index contributed by atoms with van der Waals surface area (Å²) in [5.74, 6) is 2.12. The van der Waals surface area contributed by atoms with Crippen LogP contribution in [0.5, 0.6) is 0 Å². The summed E-state index contributed by atoms with van der Waals surface area (Å²) in [6.45, 7) is 10.0. The summed E-state index contributed by atoms with van der Waals surface area (Å²) < 4.78 is 0. The molecular weight excluding hydrogens is 687 g/mol. The van der Waals surface area contributed by atoms with Crippen LogP contribution >= 0.6 is 0 Å². The molecule has 2 aliphatic heterocycles. The van der Waals surface area contributed by atoms with Crippen LogP contribution in [0.15, 0.2) is 164 Å². The summed E-state index contributed by atoms with van der Waals surface area (Å²) in [6.07, 6.45) is 0. The van der Waals surface area contributed by atoms with Gasteiger partial charge in [-0.05, 0) is 0 Å². The molecule has 262 valence electrons. The molecule has 0 radical (unpaired) electrons. The molecule has 3 nitrogen and oxygen atoms in total. The van der Waals surface area contributed by atoms with Crippen molar-refractivity contribution in [2.45, 2.75) is 26.2 Å². The molecule has 2 aliphatic rings. The fourth-order valence-electron chi connectivity index (χ4n) is 9.39. The second kappa shape index (κ2) is 12.3. The number of nitrogens with zero attached hydrogens (tertiary/aromatic N) is 3. The van der Waals surface area contributed by atoms with Crippen LogP contribution in [-0.2, 0) is 0 Å². The van der Waals surface area contributed by atoms with Gasteiger partial charge in [0.25, 0.3) is 0 Å². The molecule has 8 aromatic rings. The summed E-state index contributed by atoms with van der Waals surface area (Å²) in [4.78, 5) is 16.2. The Morgan fingerprint density at radius 1 is 0.296 bits per heavy atom. The first-order valence-electron chi connectivity index (χ1n) is 19.3. The van der Waals surface area contributed by atoms with E-state index in [4.69, 9.17) is 15.0 Å². The van der Waals surface area contributed by atoms with Crippen molar-refractivity contribution in [3.8, 4) is 78.7 Å². The fraction of sp³-hybridized carbons (Fsp3) is 0.0816. The second-order valence-corrected chi connectivity index (χ2v) is 26.3. The molecule has 0 saturated carbocycles. The summed E-state index contributed by atoms with van der Waals surface area (Å²) >= 11 is 0. The van der Waals surface area contributed by atoms with Crippen LogP contribution < -0.4 is 20.7 Å². The maximum absolute atomic E-state index is 5.51. The number of hydrogen-bond donors (Lipinski definition) is 0. The quantitative estimate of drug-likeness (QED) is 0.166. The van der Waals surface area contributed by atoms with Gasteiger partial charge in [0.2, 0.25) is 0 Å². The fourth-order valence-corrected chi connectivity index (χ4v) is 16.5. The molecule has 0 unspecified atom stereocenters. The van der Waals surface area contributed by atoms with Gasteiger partial charge in [0.1, 0.15) is 0 Å². The van der Waals surface area contributed by atoms with Crippen molar-refractivity contribution in [1.29, 1.82) is 0 Å². The summed E-state index contributed by atoms with van der Waals surface area (Å²) in [6, 6.07) is 59.5. The molecule has 0 saturated heterocycles. The monoisotopic (exact) mass is 727 g/mol. The van der Waals surface area contributed by atoms with Crippen molar-refractivity contribution < 1.29 is 0 Å². The van der Waals surface area contributed by atoms with Crippen LogP contribution in [0.2, 0.25) is 26.2 Å². The summed E-state index contributed by atoms with van der Waals surface area (Å²) in [5, 5.41) is 5.89. The number of benzene rings is 7. The van der Waals surface area contributed by atoms with Crippen LogP contribution in [0.25, 0.3) is 78.7 Å². The SMILES string of the molecule is C[SiH-]1(C)c2cc(-c3ccccc3)ccc2-c2c(-c3nc(-c4ccccc4)nc(-c4cc(-c5ccccc5)cc5c4-c4ccccc4[SiH-]5(C)C)n3)cccc21. The van der Waals surface area contributed by atoms with Gasteiger partial charge in [-0.3, -0.25) is 0 Å². The topological polar surface area (TPSA) is 38.7 Å². The van der Waals surface area contributed by atoms with E-state index in [1.165, 1.54) is 65.3 Å². The molecular formula is C49H41N3Si2-2. The molecule has 1 aromatic heterocycles. The molecule has 10 rings (SSSR count). The Morgan fingerprint density at radius 2 is 0.778 bits per heavy atom. The summed E-state index contributed by atoms with van der Waals surface area (Å²) in [7, 11) is -4.81. The van der Waals surface area contributed by atoms with E-state index in [9.17, 15) is 0 Å². The van der Waals surface area contributed by atoms with E-state index in [0.717, 1.165) is 22.5 Å². The third kappa shape index (κ3) is 5.03. The van der Waals surface area contributed by atoms with Gasteiger partial charge < -0.3 is 0 Å². The Balaban J connectivity index is 1.24. The van der Waals surface area contributed by atoms with Crippen LogP contribution in [0.1, 0.15) is 0 Å². The van der Waals surface area contributed by atoms with Crippen LogP contribution in [0.3, 0.4) is 0 Å². The molecule has 0 N–H and O–H groups in total. The summed E-state index contributed by atoms with van der Waals surface area (Å²) in [5.41, 5.74) is 13.2. The van der Waals surface area contributed by atoms with Gasteiger partial charge in [-0.15, -0.1) is 0 Å². The van der Waals surface area contributed by atoms with Gasteiger partial charge in [0, 0.05) is 0 Å². The van der Waals surface area contributed by atoms with Gasteiger partial charge in [0.15, 0.2) is 0 Å². The van der Waals surface area contributed by atoms with Crippen molar-refractivity contribution in [2.75, 3.05) is 0 Å². The molecule has 0 fully saturated rings. The zero-order chi connectivity index (χ0) is 36.6. The van der Waals surface area contributed by atoms with Gasteiger partial charge in [-0.1, -0.05) is 0 Å². The molecule has 0 spiro atoms. The Hall–Kier alpha value is -6.02. The first-order valence-corrected chi connectivity index (χ1v) is 26.2. The maximum atomic E-state index is 5.51. The van der Waals surface area contributed by atoms with Crippen molar-refractivity contribution in [3.05, 3.63) is 164 Å².